The molecule has 17 heavy (non-hydrogen) atoms. The molecule has 0 spiro atoms. The molecule has 1 rings (SSSR count). The maximum atomic E-state index is 11.4. The Bertz CT molecular complexity index is 292. The summed E-state index contributed by atoms with van der Waals surface area (Å²) < 4.78 is 4.85. The second-order valence-electron chi connectivity index (χ2n) is 4.57. The number of amidine groups is 1. The molecule has 0 radical (unpaired) electrons. The van der Waals surface area contributed by atoms with Crippen LogP contribution in [0.4, 0.5) is 0 Å². The van der Waals surface area contributed by atoms with Gasteiger partial charge in [-0.15, -0.1) is 0 Å². The quantitative estimate of drug-likeness (QED) is 0.710. The first-order chi connectivity index (χ1) is 8.03. The summed E-state index contributed by atoms with van der Waals surface area (Å²) in [5.41, 5.74) is 0.0800. The van der Waals surface area contributed by atoms with Crippen molar-refractivity contribution in [3.05, 3.63) is 0 Å². The third kappa shape index (κ3) is 5.93. The monoisotopic (exact) mass is 259 g/mol. The van der Waals surface area contributed by atoms with Gasteiger partial charge in [-0.05, 0) is 20.3 Å². The minimum absolute atomic E-state index is 0.0691. The second kappa shape index (κ2) is 6.86. The average Bonchev–Trinajstić information content (AvgIpc) is 2.25. The number of amides is 1. The minimum Gasteiger partial charge on any atom is -0.383 e. The summed E-state index contributed by atoms with van der Waals surface area (Å²) in [6.45, 7) is 5.52. The van der Waals surface area contributed by atoms with Crippen molar-refractivity contribution in [2.75, 3.05) is 32.6 Å². The lowest BCUT2D eigenvalue weighted by Crippen LogP contribution is -2.46. The molecule has 1 amide bonds. The van der Waals surface area contributed by atoms with Crippen molar-refractivity contribution in [3.8, 4) is 0 Å². The van der Waals surface area contributed by atoms with E-state index in [2.05, 4.69) is 29.5 Å². The van der Waals surface area contributed by atoms with Gasteiger partial charge in [0, 0.05) is 24.9 Å². The van der Waals surface area contributed by atoms with Crippen LogP contribution in [0.1, 0.15) is 20.3 Å². The zero-order valence-corrected chi connectivity index (χ0v) is 11.5. The van der Waals surface area contributed by atoms with Crippen molar-refractivity contribution < 1.29 is 9.53 Å². The highest BCUT2D eigenvalue weighted by atomic mass is 32.2. The van der Waals surface area contributed by atoms with E-state index in [9.17, 15) is 4.79 Å². The van der Waals surface area contributed by atoms with Gasteiger partial charge >= 0.3 is 0 Å². The summed E-state index contributed by atoms with van der Waals surface area (Å²) in [6.07, 6.45) is 1.11. The van der Waals surface area contributed by atoms with E-state index in [1.165, 1.54) is 0 Å². The van der Waals surface area contributed by atoms with Crippen molar-refractivity contribution in [1.29, 1.82) is 0 Å². The van der Waals surface area contributed by atoms with Crippen LogP contribution in [0.5, 0.6) is 0 Å². The lowest BCUT2D eigenvalue weighted by atomic mass is 10.0. The summed E-state index contributed by atoms with van der Waals surface area (Å²) >= 11 is 1.67. The lowest BCUT2D eigenvalue weighted by molar-refractivity contribution is -0.119. The maximum Gasteiger partial charge on any atom is 0.241 e. The fourth-order valence-corrected chi connectivity index (χ4v) is 2.68. The molecule has 0 aliphatic carbocycles. The highest BCUT2D eigenvalue weighted by Gasteiger charge is 2.24. The Balaban J connectivity index is 2.30. The fourth-order valence-electron chi connectivity index (χ4n) is 1.37. The highest BCUT2D eigenvalue weighted by molar-refractivity contribution is 8.13. The van der Waals surface area contributed by atoms with Crippen LogP contribution in [-0.2, 0) is 9.53 Å². The average molecular weight is 259 g/mol. The Hall–Kier alpha value is -0.750. The molecular weight excluding hydrogens is 238 g/mol. The number of carbonyl (C=O) groups excluding carboxylic acids is 1. The van der Waals surface area contributed by atoms with Crippen molar-refractivity contribution >= 4 is 22.8 Å². The third-order valence-corrected chi connectivity index (χ3v) is 3.32. The molecular formula is C11H21N3O2S. The molecule has 0 bridgehead atoms. The second-order valence-corrected chi connectivity index (χ2v) is 5.66. The van der Waals surface area contributed by atoms with E-state index in [-0.39, 0.29) is 18.0 Å². The Labute approximate surface area is 107 Å². The molecule has 0 unspecified atom stereocenters. The molecule has 1 heterocycles. The smallest absolute Gasteiger partial charge is 0.241 e. The first kappa shape index (κ1) is 14.3. The van der Waals surface area contributed by atoms with Gasteiger partial charge in [0.15, 0.2) is 5.17 Å². The summed E-state index contributed by atoms with van der Waals surface area (Å²) in [6, 6.07) is 0. The number of hydrogen-bond acceptors (Lipinski definition) is 4. The van der Waals surface area contributed by atoms with Gasteiger partial charge in [0.2, 0.25) is 5.91 Å². The molecule has 1 aliphatic rings. The van der Waals surface area contributed by atoms with Crippen LogP contribution in [0, 0.1) is 0 Å². The van der Waals surface area contributed by atoms with Gasteiger partial charge in [0.25, 0.3) is 0 Å². The van der Waals surface area contributed by atoms with Gasteiger partial charge in [-0.3, -0.25) is 9.79 Å². The van der Waals surface area contributed by atoms with Crippen molar-refractivity contribution in [2.45, 2.75) is 25.8 Å². The van der Waals surface area contributed by atoms with Gasteiger partial charge < -0.3 is 15.4 Å². The van der Waals surface area contributed by atoms with Crippen molar-refractivity contribution in [1.82, 2.24) is 10.6 Å². The number of ether oxygens (including phenoxy) is 1. The van der Waals surface area contributed by atoms with Crippen molar-refractivity contribution in [3.63, 3.8) is 0 Å². The number of methoxy groups -OCH3 is 1. The van der Waals surface area contributed by atoms with E-state index >= 15 is 0 Å². The zero-order valence-electron chi connectivity index (χ0n) is 10.7. The minimum atomic E-state index is -0.0691. The van der Waals surface area contributed by atoms with Gasteiger partial charge in [-0.25, -0.2) is 0 Å². The van der Waals surface area contributed by atoms with E-state index in [1.54, 1.807) is 18.9 Å². The molecule has 6 heteroatoms. The molecule has 0 atom stereocenters. The van der Waals surface area contributed by atoms with Gasteiger partial charge in [0.05, 0.1) is 6.61 Å². The molecule has 1 saturated heterocycles. The van der Waals surface area contributed by atoms with Crippen LogP contribution in [0.25, 0.3) is 0 Å². The summed E-state index contributed by atoms with van der Waals surface area (Å²) in [5, 5.41) is 6.92. The molecule has 5 nitrogen and oxygen atoms in total. The largest absolute Gasteiger partial charge is 0.383 e. The molecule has 0 saturated carbocycles. The predicted molar refractivity (Wildman–Crippen MR) is 71.5 cm³/mol. The standard InChI is InChI=1S/C11H21N3O2S/c1-11(2)4-7-17-10(14-11)13-8-9(15)12-5-6-16-3/h4-8H2,1-3H3,(H,12,15)(H,13,14). The summed E-state index contributed by atoms with van der Waals surface area (Å²) in [4.78, 5) is 15.7. The fraction of sp³-hybridized carbons (Fsp3) is 0.818. The molecule has 1 aliphatic heterocycles. The maximum absolute atomic E-state index is 11.4. The first-order valence-corrected chi connectivity index (χ1v) is 6.73. The highest BCUT2D eigenvalue weighted by Crippen LogP contribution is 2.21. The normalized spacial score (nSPS) is 21.0. The van der Waals surface area contributed by atoms with Crippen LogP contribution in [0.2, 0.25) is 0 Å². The number of nitrogens with one attached hydrogen (secondary N) is 2. The predicted octanol–water partition coefficient (Wildman–Crippen LogP) is 0.610. The van der Waals surface area contributed by atoms with Crippen LogP contribution in [-0.4, -0.2) is 49.2 Å². The number of rotatable bonds is 5. The number of carbonyl (C=O) groups is 1. The Kier molecular flexibility index (Phi) is 5.77. The van der Waals surface area contributed by atoms with Crippen LogP contribution < -0.4 is 10.6 Å². The molecule has 2 N–H and O–H groups in total. The summed E-state index contributed by atoms with van der Waals surface area (Å²) in [7, 11) is 1.61. The Morgan fingerprint density at radius 1 is 1.65 bits per heavy atom. The van der Waals surface area contributed by atoms with Crippen molar-refractivity contribution in [2.24, 2.45) is 4.99 Å². The van der Waals surface area contributed by atoms with Crippen LogP contribution in [0.15, 0.2) is 4.99 Å². The lowest BCUT2D eigenvalue weighted by Gasteiger charge is -2.32. The van der Waals surface area contributed by atoms with Gasteiger partial charge in [-0.2, -0.15) is 0 Å². The SMILES string of the molecule is COCCNC(=O)CN=C1NC(C)(C)CCS1. The first-order valence-electron chi connectivity index (χ1n) is 5.74. The molecule has 0 aromatic rings. The number of aliphatic imine (C=N–C) groups is 1. The number of hydrogen-bond donors (Lipinski definition) is 2. The Morgan fingerprint density at radius 3 is 3.06 bits per heavy atom. The summed E-state index contributed by atoms with van der Waals surface area (Å²) in [5.74, 6) is 0.977. The van der Waals surface area contributed by atoms with E-state index in [0.29, 0.717) is 13.2 Å². The van der Waals surface area contributed by atoms with E-state index in [4.69, 9.17) is 4.74 Å². The molecule has 0 aromatic heterocycles. The topological polar surface area (TPSA) is 62.7 Å². The molecule has 0 aromatic carbocycles. The number of nitrogens with zero attached hydrogens (tertiary/aromatic N) is 1. The van der Waals surface area contributed by atoms with E-state index in [0.717, 1.165) is 17.3 Å². The van der Waals surface area contributed by atoms with E-state index < -0.39 is 0 Å². The third-order valence-electron chi connectivity index (χ3n) is 2.41. The van der Waals surface area contributed by atoms with Gasteiger partial charge in [-0.1, -0.05) is 11.8 Å². The van der Waals surface area contributed by atoms with Crippen LogP contribution >= 0.6 is 11.8 Å². The van der Waals surface area contributed by atoms with Crippen LogP contribution in [0.3, 0.4) is 0 Å². The molecule has 1 fully saturated rings. The Morgan fingerprint density at radius 2 is 2.41 bits per heavy atom. The number of thioether (sulfide) groups is 1. The van der Waals surface area contributed by atoms with E-state index in [1.807, 2.05) is 0 Å². The molecule has 98 valence electrons. The zero-order chi connectivity index (χ0) is 12.7. The van der Waals surface area contributed by atoms with Gasteiger partial charge in [0.1, 0.15) is 6.54 Å².